The van der Waals surface area contributed by atoms with E-state index in [9.17, 15) is 4.79 Å². The van der Waals surface area contributed by atoms with E-state index < -0.39 is 0 Å². The standard InChI is InChI=1S/C15H15N5O/c16-10-17-12-6-11(7-12)15(21)19-13-8-18-20(9-13)14-4-2-1-3-5-14/h1-5,8-9,11-12,17H,6-7H2,(H,19,21)/t11-,12+. The molecule has 6 heteroatoms. The maximum absolute atomic E-state index is 12.0. The largest absolute Gasteiger partial charge is 0.323 e. The van der Waals surface area contributed by atoms with Crippen LogP contribution in [0.2, 0.25) is 0 Å². The smallest absolute Gasteiger partial charge is 0.227 e. The quantitative estimate of drug-likeness (QED) is 0.659. The molecule has 0 bridgehead atoms. The molecule has 1 aliphatic rings. The molecule has 1 amide bonds. The molecule has 3 rings (SSSR count). The summed E-state index contributed by atoms with van der Waals surface area (Å²) in [4.78, 5) is 12.0. The fourth-order valence-electron chi connectivity index (χ4n) is 2.39. The van der Waals surface area contributed by atoms with Gasteiger partial charge in [0.1, 0.15) is 0 Å². The second-order valence-electron chi connectivity index (χ2n) is 5.12. The molecule has 2 aromatic rings. The fraction of sp³-hybridized carbons (Fsp3) is 0.267. The first-order valence-electron chi connectivity index (χ1n) is 6.82. The highest BCUT2D eigenvalue weighted by molar-refractivity contribution is 5.93. The van der Waals surface area contributed by atoms with Gasteiger partial charge in [-0.15, -0.1) is 0 Å². The van der Waals surface area contributed by atoms with E-state index in [1.807, 2.05) is 36.5 Å². The van der Waals surface area contributed by atoms with Gasteiger partial charge in [-0.25, -0.2) is 4.68 Å². The Balaban J connectivity index is 1.58. The summed E-state index contributed by atoms with van der Waals surface area (Å²) in [5.74, 6) is -0.0467. The maximum atomic E-state index is 12.0. The lowest BCUT2D eigenvalue weighted by Gasteiger charge is -2.32. The number of carbonyl (C=O) groups excluding carboxylic acids is 1. The van der Waals surface area contributed by atoms with E-state index in [0.29, 0.717) is 18.5 Å². The van der Waals surface area contributed by atoms with E-state index in [2.05, 4.69) is 15.7 Å². The highest BCUT2D eigenvalue weighted by atomic mass is 16.1. The molecule has 106 valence electrons. The molecule has 1 aromatic heterocycles. The first-order chi connectivity index (χ1) is 10.3. The molecule has 1 fully saturated rings. The van der Waals surface area contributed by atoms with Gasteiger partial charge in [0.2, 0.25) is 5.91 Å². The zero-order valence-corrected chi connectivity index (χ0v) is 11.4. The minimum Gasteiger partial charge on any atom is -0.323 e. The summed E-state index contributed by atoms with van der Waals surface area (Å²) in [7, 11) is 0. The van der Waals surface area contributed by atoms with Crippen molar-refractivity contribution in [3.63, 3.8) is 0 Å². The van der Waals surface area contributed by atoms with Gasteiger partial charge in [-0.1, -0.05) is 18.2 Å². The summed E-state index contributed by atoms with van der Waals surface area (Å²) in [6, 6.07) is 9.85. The van der Waals surface area contributed by atoms with E-state index in [-0.39, 0.29) is 17.9 Å². The van der Waals surface area contributed by atoms with Crippen LogP contribution in [0.4, 0.5) is 5.69 Å². The van der Waals surface area contributed by atoms with E-state index in [1.54, 1.807) is 17.1 Å². The molecule has 1 saturated carbocycles. The zero-order chi connectivity index (χ0) is 14.7. The van der Waals surface area contributed by atoms with Crippen molar-refractivity contribution in [3.8, 4) is 11.9 Å². The van der Waals surface area contributed by atoms with Gasteiger partial charge in [0, 0.05) is 12.0 Å². The molecule has 0 radical (unpaired) electrons. The van der Waals surface area contributed by atoms with Gasteiger partial charge >= 0.3 is 0 Å². The minimum absolute atomic E-state index is 0.0152. The molecule has 6 nitrogen and oxygen atoms in total. The van der Waals surface area contributed by atoms with Crippen molar-refractivity contribution in [2.75, 3.05) is 5.32 Å². The average Bonchev–Trinajstić information content (AvgIpc) is 2.91. The minimum atomic E-state index is -0.0316. The SMILES string of the molecule is N#CN[C@H]1C[C@@H](C(=O)Nc2cnn(-c3ccccc3)c2)C1. The lowest BCUT2D eigenvalue weighted by atomic mass is 9.80. The van der Waals surface area contributed by atoms with Crippen LogP contribution in [0.1, 0.15) is 12.8 Å². The summed E-state index contributed by atoms with van der Waals surface area (Å²) in [5.41, 5.74) is 1.63. The Labute approximate surface area is 122 Å². The number of rotatable bonds is 4. The first kappa shape index (κ1) is 13.2. The molecular formula is C15H15N5O. The van der Waals surface area contributed by atoms with Crippen LogP contribution < -0.4 is 10.6 Å². The van der Waals surface area contributed by atoms with Crippen LogP contribution in [0.5, 0.6) is 0 Å². The highest BCUT2D eigenvalue weighted by Gasteiger charge is 2.34. The number of aromatic nitrogens is 2. The van der Waals surface area contributed by atoms with Crippen LogP contribution >= 0.6 is 0 Å². The Kier molecular flexibility index (Phi) is 3.56. The summed E-state index contributed by atoms with van der Waals surface area (Å²) in [6.07, 6.45) is 6.73. The number of amides is 1. The van der Waals surface area contributed by atoms with Gasteiger partial charge in [-0.05, 0) is 25.0 Å². The normalized spacial score (nSPS) is 20.1. The van der Waals surface area contributed by atoms with Crippen LogP contribution in [0.3, 0.4) is 0 Å². The van der Waals surface area contributed by atoms with E-state index in [4.69, 9.17) is 5.26 Å². The number of nitriles is 1. The first-order valence-corrected chi connectivity index (χ1v) is 6.82. The Morgan fingerprint density at radius 1 is 1.33 bits per heavy atom. The number of hydrogen-bond acceptors (Lipinski definition) is 4. The fourth-order valence-corrected chi connectivity index (χ4v) is 2.39. The molecule has 21 heavy (non-hydrogen) atoms. The summed E-state index contributed by atoms with van der Waals surface area (Å²) >= 11 is 0. The number of nitrogens with one attached hydrogen (secondary N) is 2. The number of para-hydroxylation sites is 1. The van der Waals surface area contributed by atoms with E-state index in [1.165, 1.54) is 0 Å². The molecule has 1 heterocycles. The molecular weight excluding hydrogens is 266 g/mol. The third-order valence-electron chi connectivity index (χ3n) is 3.65. The molecule has 0 saturated heterocycles. The highest BCUT2D eigenvalue weighted by Crippen LogP contribution is 2.28. The van der Waals surface area contributed by atoms with Crippen molar-refractivity contribution < 1.29 is 4.79 Å². The number of hydrogen-bond donors (Lipinski definition) is 2. The van der Waals surface area contributed by atoms with Gasteiger partial charge in [-0.2, -0.15) is 10.4 Å². The number of carbonyl (C=O) groups is 1. The monoisotopic (exact) mass is 281 g/mol. The molecule has 1 aliphatic carbocycles. The van der Waals surface area contributed by atoms with Crippen molar-refractivity contribution in [2.45, 2.75) is 18.9 Å². The van der Waals surface area contributed by atoms with E-state index in [0.717, 1.165) is 5.69 Å². The molecule has 0 unspecified atom stereocenters. The molecule has 0 aliphatic heterocycles. The van der Waals surface area contributed by atoms with Crippen molar-refractivity contribution >= 4 is 11.6 Å². The Morgan fingerprint density at radius 3 is 2.81 bits per heavy atom. The third kappa shape index (κ3) is 2.87. The van der Waals surface area contributed by atoms with Crippen LogP contribution in [-0.2, 0) is 4.79 Å². The summed E-state index contributed by atoms with van der Waals surface area (Å²) in [6.45, 7) is 0. The third-order valence-corrected chi connectivity index (χ3v) is 3.65. The molecule has 1 aromatic carbocycles. The van der Waals surface area contributed by atoms with Crippen molar-refractivity contribution in [2.24, 2.45) is 5.92 Å². The molecule has 2 N–H and O–H groups in total. The van der Waals surface area contributed by atoms with Gasteiger partial charge < -0.3 is 10.6 Å². The lowest BCUT2D eigenvalue weighted by molar-refractivity contribution is -0.122. The summed E-state index contributed by atoms with van der Waals surface area (Å²) < 4.78 is 1.72. The van der Waals surface area contributed by atoms with Gasteiger partial charge in [0.05, 0.1) is 23.8 Å². The lowest BCUT2D eigenvalue weighted by Crippen LogP contribution is -2.44. The van der Waals surface area contributed by atoms with Crippen LogP contribution in [0.15, 0.2) is 42.7 Å². The average molecular weight is 281 g/mol. The Morgan fingerprint density at radius 2 is 2.10 bits per heavy atom. The van der Waals surface area contributed by atoms with Crippen molar-refractivity contribution in [1.82, 2.24) is 15.1 Å². The number of anilines is 1. The topological polar surface area (TPSA) is 82.7 Å². The maximum Gasteiger partial charge on any atom is 0.227 e. The van der Waals surface area contributed by atoms with Crippen LogP contribution in [-0.4, -0.2) is 21.7 Å². The zero-order valence-electron chi connectivity index (χ0n) is 11.4. The molecule has 0 atom stereocenters. The Bertz CT molecular complexity index is 667. The second-order valence-corrected chi connectivity index (χ2v) is 5.12. The van der Waals surface area contributed by atoms with Crippen LogP contribution in [0.25, 0.3) is 5.69 Å². The Hall–Kier alpha value is -2.81. The predicted octanol–water partition coefficient (Wildman–Crippen LogP) is 1.66. The van der Waals surface area contributed by atoms with Gasteiger partial charge in [-0.3, -0.25) is 4.79 Å². The van der Waals surface area contributed by atoms with Crippen molar-refractivity contribution in [3.05, 3.63) is 42.7 Å². The predicted molar refractivity (Wildman–Crippen MR) is 77.5 cm³/mol. The van der Waals surface area contributed by atoms with Gasteiger partial charge in [0.15, 0.2) is 6.19 Å². The van der Waals surface area contributed by atoms with Crippen LogP contribution in [0, 0.1) is 17.4 Å². The van der Waals surface area contributed by atoms with Crippen molar-refractivity contribution in [1.29, 1.82) is 5.26 Å². The van der Waals surface area contributed by atoms with Gasteiger partial charge in [0.25, 0.3) is 0 Å². The second kappa shape index (κ2) is 5.67. The summed E-state index contributed by atoms with van der Waals surface area (Å²) in [5, 5.41) is 18.3. The number of benzene rings is 1. The number of nitrogens with zero attached hydrogens (tertiary/aromatic N) is 3. The van der Waals surface area contributed by atoms with E-state index >= 15 is 0 Å². The molecule has 0 spiro atoms.